The third-order valence-corrected chi connectivity index (χ3v) is 6.23. The third-order valence-electron chi connectivity index (χ3n) is 5.39. The molecule has 1 aliphatic rings. The van der Waals surface area contributed by atoms with Crippen LogP contribution in [-0.4, -0.2) is 41.5 Å². The van der Waals surface area contributed by atoms with Crippen LogP contribution in [0.15, 0.2) is 60.0 Å². The van der Waals surface area contributed by atoms with Crippen LogP contribution in [0.1, 0.15) is 24.3 Å². The number of thiazole rings is 1. The Morgan fingerprint density at radius 3 is 2.74 bits per heavy atom. The summed E-state index contributed by atoms with van der Waals surface area (Å²) in [6, 6.07) is 16.4. The van der Waals surface area contributed by atoms with Crippen molar-refractivity contribution in [3.63, 3.8) is 0 Å². The number of likely N-dealkylation sites (tertiary alicyclic amines) is 1. The van der Waals surface area contributed by atoms with E-state index in [-0.39, 0.29) is 17.8 Å². The maximum atomic E-state index is 12.9. The number of carbonyl (C=O) groups is 1. The molecule has 1 aromatic heterocycles. The number of amides is 1. The highest BCUT2D eigenvalue weighted by Gasteiger charge is 2.31. The molecule has 7 heteroatoms. The van der Waals surface area contributed by atoms with E-state index < -0.39 is 0 Å². The molecular formula is C24H26FN3O2S. The molecule has 2 aromatic carbocycles. The summed E-state index contributed by atoms with van der Waals surface area (Å²) in [5.41, 5.74) is 2.06. The molecule has 1 fully saturated rings. The quantitative estimate of drug-likeness (QED) is 0.473. The van der Waals surface area contributed by atoms with Crippen molar-refractivity contribution in [3.05, 3.63) is 70.8 Å². The van der Waals surface area contributed by atoms with Crippen molar-refractivity contribution < 1.29 is 13.9 Å². The molecule has 162 valence electrons. The number of nitrogens with one attached hydrogen (secondary N) is 1. The molecule has 1 atom stereocenters. The van der Waals surface area contributed by atoms with E-state index in [1.807, 2.05) is 35.2 Å². The topological polar surface area (TPSA) is 54.5 Å². The summed E-state index contributed by atoms with van der Waals surface area (Å²) in [6.45, 7) is 2.61. The predicted octanol–water partition coefficient (Wildman–Crippen LogP) is 4.50. The zero-order chi connectivity index (χ0) is 21.5. The van der Waals surface area contributed by atoms with Gasteiger partial charge in [-0.1, -0.05) is 30.3 Å². The molecule has 0 spiro atoms. The Kier molecular flexibility index (Phi) is 7.27. The molecule has 1 aliphatic heterocycles. The number of carbonyl (C=O) groups excluding carboxylic acids is 1. The van der Waals surface area contributed by atoms with E-state index in [1.165, 1.54) is 12.1 Å². The van der Waals surface area contributed by atoms with Gasteiger partial charge in [-0.15, -0.1) is 11.3 Å². The summed E-state index contributed by atoms with van der Waals surface area (Å²) in [4.78, 5) is 19.1. The zero-order valence-corrected chi connectivity index (χ0v) is 18.1. The lowest BCUT2D eigenvalue weighted by Crippen LogP contribution is -2.35. The molecule has 0 bridgehead atoms. The number of hydrogen-bond acceptors (Lipinski definition) is 5. The van der Waals surface area contributed by atoms with Gasteiger partial charge < -0.3 is 15.0 Å². The van der Waals surface area contributed by atoms with Crippen LogP contribution < -0.4 is 10.1 Å². The van der Waals surface area contributed by atoms with E-state index in [0.29, 0.717) is 31.9 Å². The standard InChI is InChI=1S/C24H26FN3O2S/c25-19-6-9-21(10-7-19)30-15-14-26-13-12-20-8-11-24(29)28(20)16-23-27-22(17-31-23)18-4-2-1-3-5-18/h1-7,9-10,17,20,26H,8,11-16H2. The van der Waals surface area contributed by atoms with Gasteiger partial charge in [0.25, 0.3) is 0 Å². The van der Waals surface area contributed by atoms with Crippen molar-refractivity contribution in [3.8, 4) is 17.0 Å². The minimum atomic E-state index is -0.268. The predicted molar refractivity (Wildman–Crippen MR) is 121 cm³/mol. The Morgan fingerprint density at radius 1 is 1.13 bits per heavy atom. The molecule has 0 saturated carbocycles. The monoisotopic (exact) mass is 439 g/mol. The fourth-order valence-corrected chi connectivity index (χ4v) is 4.55. The first-order chi connectivity index (χ1) is 15.2. The van der Waals surface area contributed by atoms with Crippen molar-refractivity contribution in [2.75, 3.05) is 19.7 Å². The van der Waals surface area contributed by atoms with Gasteiger partial charge in [-0.05, 0) is 43.7 Å². The van der Waals surface area contributed by atoms with Crippen LogP contribution >= 0.6 is 11.3 Å². The molecule has 2 heterocycles. The van der Waals surface area contributed by atoms with Crippen molar-refractivity contribution in [2.45, 2.75) is 31.8 Å². The summed E-state index contributed by atoms with van der Waals surface area (Å²) < 4.78 is 18.5. The molecule has 5 nitrogen and oxygen atoms in total. The number of benzene rings is 2. The maximum absolute atomic E-state index is 12.9. The second-order valence-electron chi connectivity index (χ2n) is 7.55. The summed E-state index contributed by atoms with van der Waals surface area (Å²) >= 11 is 1.61. The van der Waals surface area contributed by atoms with Crippen molar-refractivity contribution >= 4 is 17.2 Å². The van der Waals surface area contributed by atoms with Gasteiger partial charge in [0.1, 0.15) is 23.2 Å². The van der Waals surface area contributed by atoms with Crippen LogP contribution in [0.25, 0.3) is 11.3 Å². The van der Waals surface area contributed by atoms with E-state index in [2.05, 4.69) is 10.7 Å². The van der Waals surface area contributed by atoms with E-state index in [0.717, 1.165) is 35.7 Å². The van der Waals surface area contributed by atoms with E-state index >= 15 is 0 Å². The zero-order valence-electron chi connectivity index (χ0n) is 17.3. The highest BCUT2D eigenvalue weighted by molar-refractivity contribution is 7.09. The van der Waals surface area contributed by atoms with Crippen LogP contribution in [0, 0.1) is 5.82 Å². The van der Waals surface area contributed by atoms with Gasteiger partial charge in [0.05, 0.1) is 12.2 Å². The van der Waals surface area contributed by atoms with Gasteiger partial charge in [-0.2, -0.15) is 0 Å². The lowest BCUT2D eigenvalue weighted by Gasteiger charge is -2.24. The molecular weight excluding hydrogens is 413 g/mol. The number of nitrogens with zero attached hydrogens (tertiary/aromatic N) is 2. The Balaban J connectivity index is 1.21. The second-order valence-corrected chi connectivity index (χ2v) is 8.49. The van der Waals surface area contributed by atoms with Gasteiger partial charge in [-0.3, -0.25) is 4.79 Å². The SMILES string of the molecule is O=C1CCC(CCNCCOc2ccc(F)cc2)N1Cc1nc(-c2ccccc2)cs1. The fraction of sp³-hybridized carbons (Fsp3) is 0.333. The fourth-order valence-electron chi connectivity index (χ4n) is 3.75. The molecule has 0 radical (unpaired) electrons. The first-order valence-corrected chi connectivity index (χ1v) is 11.5. The van der Waals surface area contributed by atoms with Crippen LogP contribution in [0.4, 0.5) is 4.39 Å². The Morgan fingerprint density at radius 2 is 1.94 bits per heavy atom. The lowest BCUT2D eigenvalue weighted by molar-refractivity contribution is -0.129. The first kappa shape index (κ1) is 21.5. The summed E-state index contributed by atoms with van der Waals surface area (Å²) in [5, 5.41) is 6.40. The van der Waals surface area contributed by atoms with Gasteiger partial charge in [0.15, 0.2) is 0 Å². The molecule has 1 N–H and O–H groups in total. The van der Waals surface area contributed by atoms with Crippen LogP contribution in [-0.2, 0) is 11.3 Å². The average molecular weight is 440 g/mol. The van der Waals surface area contributed by atoms with E-state index in [1.54, 1.807) is 23.5 Å². The molecule has 0 aliphatic carbocycles. The minimum Gasteiger partial charge on any atom is -0.492 e. The number of hydrogen-bond donors (Lipinski definition) is 1. The molecule has 1 amide bonds. The summed E-state index contributed by atoms with van der Waals surface area (Å²) in [5.74, 6) is 0.602. The average Bonchev–Trinajstić information content (AvgIpc) is 3.40. The van der Waals surface area contributed by atoms with Gasteiger partial charge in [-0.25, -0.2) is 9.37 Å². The van der Waals surface area contributed by atoms with Crippen molar-refractivity contribution in [1.82, 2.24) is 15.2 Å². The molecule has 1 unspecified atom stereocenters. The van der Waals surface area contributed by atoms with Crippen LogP contribution in [0.5, 0.6) is 5.75 Å². The van der Waals surface area contributed by atoms with Crippen LogP contribution in [0.2, 0.25) is 0 Å². The van der Waals surface area contributed by atoms with Gasteiger partial charge in [0.2, 0.25) is 5.91 Å². The molecule has 31 heavy (non-hydrogen) atoms. The number of aromatic nitrogens is 1. The number of halogens is 1. The third kappa shape index (κ3) is 5.89. The van der Waals surface area contributed by atoms with Gasteiger partial charge >= 0.3 is 0 Å². The summed E-state index contributed by atoms with van der Waals surface area (Å²) in [7, 11) is 0. The summed E-state index contributed by atoms with van der Waals surface area (Å²) in [6.07, 6.45) is 2.40. The van der Waals surface area contributed by atoms with E-state index in [4.69, 9.17) is 9.72 Å². The normalized spacial score (nSPS) is 16.1. The van der Waals surface area contributed by atoms with Gasteiger partial charge in [0, 0.05) is 30.0 Å². The van der Waals surface area contributed by atoms with Crippen molar-refractivity contribution in [2.24, 2.45) is 0 Å². The number of ether oxygens (including phenoxy) is 1. The smallest absolute Gasteiger partial charge is 0.223 e. The Labute approximate surface area is 185 Å². The van der Waals surface area contributed by atoms with Crippen LogP contribution in [0.3, 0.4) is 0 Å². The molecule has 1 saturated heterocycles. The highest BCUT2D eigenvalue weighted by atomic mass is 32.1. The Hall–Kier alpha value is -2.77. The maximum Gasteiger partial charge on any atom is 0.223 e. The van der Waals surface area contributed by atoms with E-state index in [9.17, 15) is 9.18 Å². The highest BCUT2D eigenvalue weighted by Crippen LogP contribution is 2.27. The number of rotatable bonds is 10. The van der Waals surface area contributed by atoms with Crippen molar-refractivity contribution in [1.29, 1.82) is 0 Å². The lowest BCUT2D eigenvalue weighted by atomic mass is 10.1. The first-order valence-electron chi connectivity index (χ1n) is 10.6. The largest absolute Gasteiger partial charge is 0.492 e. The minimum absolute atomic E-state index is 0.209. The Bertz CT molecular complexity index is 978. The molecule has 4 rings (SSSR count). The second kappa shape index (κ2) is 10.5. The molecule has 3 aromatic rings.